The fourth-order valence-electron chi connectivity index (χ4n) is 1.89. The van der Waals surface area contributed by atoms with Crippen LogP contribution >= 0.6 is 0 Å². The average Bonchev–Trinajstić information content (AvgIpc) is 2.40. The largest absolute Gasteiger partial charge is 0.294 e. The van der Waals surface area contributed by atoms with Gasteiger partial charge < -0.3 is 0 Å². The summed E-state index contributed by atoms with van der Waals surface area (Å²) in [5.74, 6) is -0.0839. The Hall–Kier alpha value is -1.94. The number of aryl methyl sites for hydroxylation is 1. The summed E-state index contributed by atoms with van der Waals surface area (Å²) in [6, 6.07) is 13.9. The first kappa shape index (κ1) is 14.5. The van der Waals surface area contributed by atoms with Crippen molar-refractivity contribution >= 4 is 15.6 Å². The molecule has 0 saturated heterocycles. The molecule has 4 heteroatoms. The van der Waals surface area contributed by atoms with E-state index in [1.165, 1.54) is 12.1 Å². The molecule has 0 aliphatic carbocycles. The first-order chi connectivity index (χ1) is 9.36. The lowest BCUT2D eigenvalue weighted by Gasteiger charge is -2.04. The first-order valence-electron chi connectivity index (χ1n) is 6.25. The third kappa shape index (κ3) is 3.54. The van der Waals surface area contributed by atoms with Crippen molar-refractivity contribution in [2.45, 2.75) is 18.2 Å². The van der Waals surface area contributed by atoms with Crippen molar-refractivity contribution in [2.24, 2.45) is 0 Å². The van der Waals surface area contributed by atoms with Gasteiger partial charge >= 0.3 is 0 Å². The third-order valence-electron chi connectivity index (χ3n) is 3.07. The van der Waals surface area contributed by atoms with Crippen LogP contribution in [0.5, 0.6) is 0 Å². The summed E-state index contributed by atoms with van der Waals surface area (Å²) in [7, 11) is -3.29. The maximum Gasteiger partial charge on any atom is 0.175 e. The van der Waals surface area contributed by atoms with Crippen molar-refractivity contribution in [1.82, 2.24) is 0 Å². The van der Waals surface area contributed by atoms with Gasteiger partial charge in [-0.2, -0.15) is 0 Å². The average molecular weight is 288 g/mol. The van der Waals surface area contributed by atoms with Gasteiger partial charge in [0.1, 0.15) is 0 Å². The van der Waals surface area contributed by atoms with E-state index in [1.807, 2.05) is 31.2 Å². The van der Waals surface area contributed by atoms with Crippen molar-refractivity contribution in [3.05, 3.63) is 65.2 Å². The topological polar surface area (TPSA) is 51.2 Å². The van der Waals surface area contributed by atoms with E-state index in [1.54, 1.807) is 12.1 Å². The van der Waals surface area contributed by atoms with Gasteiger partial charge in [-0.1, -0.05) is 42.0 Å². The quantitative estimate of drug-likeness (QED) is 0.813. The van der Waals surface area contributed by atoms with Gasteiger partial charge in [0.25, 0.3) is 0 Å². The first-order valence-corrected chi connectivity index (χ1v) is 8.14. The highest BCUT2D eigenvalue weighted by atomic mass is 32.2. The summed E-state index contributed by atoms with van der Waals surface area (Å²) >= 11 is 0. The van der Waals surface area contributed by atoms with Crippen LogP contribution in [0.3, 0.4) is 0 Å². The number of hydrogen-bond donors (Lipinski definition) is 0. The highest BCUT2D eigenvalue weighted by molar-refractivity contribution is 7.90. The van der Waals surface area contributed by atoms with Crippen molar-refractivity contribution in [1.29, 1.82) is 0 Å². The zero-order valence-electron chi connectivity index (χ0n) is 11.5. The molecule has 0 heterocycles. The predicted molar refractivity (Wildman–Crippen MR) is 78.8 cm³/mol. The van der Waals surface area contributed by atoms with Crippen LogP contribution in [-0.4, -0.2) is 20.5 Å². The van der Waals surface area contributed by atoms with Crippen LogP contribution in [0.4, 0.5) is 0 Å². The third-order valence-corrected chi connectivity index (χ3v) is 4.18. The minimum absolute atomic E-state index is 0.0839. The van der Waals surface area contributed by atoms with E-state index in [-0.39, 0.29) is 17.1 Å². The number of sulfone groups is 1. The summed E-state index contributed by atoms with van der Waals surface area (Å²) in [5.41, 5.74) is 2.49. The molecule has 0 aliphatic heterocycles. The molecule has 2 aromatic rings. The van der Waals surface area contributed by atoms with Gasteiger partial charge in [0.2, 0.25) is 0 Å². The van der Waals surface area contributed by atoms with E-state index in [9.17, 15) is 13.2 Å². The van der Waals surface area contributed by atoms with Crippen LogP contribution in [0.25, 0.3) is 0 Å². The molecule has 0 N–H and O–H groups in total. The molecule has 104 valence electrons. The molecule has 3 nitrogen and oxygen atoms in total. The SMILES string of the molecule is Cc1ccc(CC(=O)c2cccc(S(C)(=O)=O)c2)cc1. The number of rotatable bonds is 4. The standard InChI is InChI=1S/C16H16O3S/c1-12-6-8-13(9-7-12)10-16(17)14-4-3-5-15(11-14)20(2,18)19/h3-9,11H,10H2,1-2H3. The summed E-state index contributed by atoms with van der Waals surface area (Å²) < 4.78 is 23.0. The smallest absolute Gasteiger partial charge is 0.175 e. The molecule has 0 bridgehead atoms. The van der Waals surface area contributed by atoms with Gasteiger partial charge in [0, 0.05) is 18.2 Å². The normalized spacial score (nSPS) is 11.3. The summed E-state index contributed by atoms with van der Waals surface area (Å²) in [6.07, 6.45) is 1.41. The highest BCUT2D eigenvalue weighted by Crippen LogP contribution is 2.14. The van der Waals surface area contributed by atoms with E-state index < -0.39 is 9.84 Å². The van der Waals surface area contributed by atoms with Crippen LogP contribution in [0.15, 0.2) is 53.4 Å². The Morgan fingerprint density at radius 1 is 1.05 bits per heavy atom. The second-order valence-corrected chi connectivity index (χ2v) is 6.90. The van der Waals surface area contributed by atoms with Gasteiger partial charge in [0.05, 0.1) is 4.90 Å². The maximum absolute atomic E-state index is 12.2. The molecular weight excluding hydrogens is 272 g/mol. The number of carbonyl (C=O) groups is 1. The zero-order valence-corrected chi connectivity index (χ0v) is 12.3. The number of hydrogen-bond acceptors (Lipinski definition) is 3. The van der Waals surface area contributed by atoms with E-state index >= 15 is 0 Å². The molecule has 0 saturated carbocycles. The molecule has 0 unspecified atom stereocenters. The lowest BCUT2D eigenvalue weighted by molar-refractivity contribution is 0.0993. The molecule has 0 radical (unpaired) electrons. The number of ketones is 1. The Kier molecular flexibility index (Phi) is 4.04. The molecule has 2 rings (SSSR count). The van der Waals surface area contributed by atoms with Crippen molar-refractivity contribution < 1.29 is 13.2 Å². The van der Waals surface area contributed by atoms with Crippen LogP contribution in [0.2, 0.25) is 0 Å². The van der Waals surface area contributed by atoms with Gasteiger partial charge in [-0.05, 0) is 24.6 Å². The molecule has 0 aliphatic rings. The molecular formula is C16H16O3S. The molecule has 20 heavy (non-hydrogen) atoms. The fraction of sp³-hybridized carbons (Fsp3) is 0.188. The van der Waals surface area contributed by atoms with Crippen molar-refractivity contribution in [3.8, 4) is 0 Å². The van der Waals surface area contributed by atoms with Crippen LogP contribution in [-0.2, 0) is 16.3 Å². The van der Waals surface area contributed by atoms with Gasteiger partial charge in [-0.15, -0.1) is 0 Å². The monoisotopic (exact) mass is 288 g/mol. The minimum atomic E-state index is -3.29. The Labute approximate surface area is 119 Å². The number of Topliss-reactive ketones (excluding diaryl/α,β-unsaturated/α-hetero) is 1. The lowest BCUT2D eigenvalue weighted by Crippen LogP contribution is -2.05. The van der Waals surface area contributed by atoms with Crippen LogP contribution in [0.1, 0.15) is 21.5 Å². The van der Waals surface area contributed by atoms with Crippen molar-refractivity contribution in [3.63, 3.8) is 0 Å². The lowest BCUT2D eigenvalue weighted by atomic mass is 10.0. The van der Waals surface area contributed by atoms with Gasteiger partial charge in [0.15, 0.2) is 15.6 Å². The summed E-state index contributed by atoms with van der Waals surface area (Å²) in [4.78, 5) is 12.4. The van der Waals surface area contributed by atoms with E-state index in [2.05, 4.69) is 0 Å². The summed E-state index contributed by atoms with van der Waals surface area (Å²) in [6.45, 7) is 1.99. The van der Waals surface area contributed by atoms with Gasteiger partial charge in [-0.3, -0.25) is 4.79 Å². The molecule has 0 aromatic heterocycles. The van der Waals surface area contributed by atoms with E-state index in [0.29, 0.717) is 5.56 Å². The Morgan fingerprint density at radius 3 is 2.30 bits per heavy atom. The van der Waals surface area contributed by atoms with Crippen LogP contribution < -0.4 is 0 Å². The van der Waals surface area contributed by atoms with E-state index in [0.717, 1.165) is 17.4 Å². The predicted octanol–water partition coefficient (Wildman–Crippen LogP) is 2.82. The van der Waals surface area contributed by atoms with Crippen molar-refractivity contribution in [2.75, 3.05) is 6.26 Å². The number of benzene rings is 2. The molecule has 0 spiro atoms. The second-order valence-electron chi connectivity index (χ2n) is 4.89. The fourth-order valence-corrected chi connectivity index (χ4v) is 2.56. The minimum Gasteiger partial charge on any atom is -0.294 e. The molecule has 2 aromatic carbocycles. The molecule has 0 amide bonds. The second kappa shape index (κ2) is 5.59. The Bertz CT molecular complexity index is 729. The molecule has 0 atom stereocenters. The number of carbonyl (C=O) groups excluding carboxylic acids is 1. The van der Waals surface area contributed by atoms with Crippen LogP contribution in [0, 0.1) is 6.92 Å². The highest BCUT2D eigenvalue weighted by Gasteiger charge is 2.12. The zero-order chi connectivity index (χ0) is 14.8. The van der Waals surface area contributed by atoms with E-state index in [4.69, 9.17) is 0 Å². The van der Waals surface area contributed by atoms with Gasteiger partial charge in [-0.25, -0.2) is 8.42 Å². The Morgan fingerprint density at radius 2 is 1.70 bits per heavy atom. The summed E-state index contributed by atoms with van der Waals surface area (Å²) in [5, 5.41) is 0. The molecule has 0 fully saturated rings. The maximum atomic E-state index is 12.2. The Balaban J connectivity index is 2.23.